The van der Waals surface area contributed by atoms with Crippen LogP contribution < -0.4 is 5.32 Å². The number of thiophene rings is 1. The topological polar surface area (TPSA) is 24.9 Å². The summed E-state index contributed by atoms with van der Waals surface area (Å²) in [6, 6.07) is 4.71. The Labute approximate surface area is 104 Å². The minimum atomic E-state index is 0.433. The van der Waals surface area contributed by atoms with Crippen LogP contribution in [0.5, 0.6) is 0 Å². The maximum Gasteiger partial charge on any atom is 0.0965 e. The molecule has 0 aliphatic carbocycles. The highest BCUT2D eigenvalue weighted by atomic mass is 32.1. The predicted molar refractivity (Wildman–Crippen MR) is 71.3 cm³/mol. The van der Waals surface area contributed by atoms with Gasteiger partial charge in [-0.2, -0.15) is 0 Å². The molecule has 2 atom stereocenters. The summed E-state index contributed by atoms with van der Waals surface area (Å²) in [5.74, 6) is 0.488. The molecule has 0 saturated carbocycles. The maximum absolute atomic E-state index is 4.34. The number of nitrogens with zero attached hydrogens (tertiary/aromatic N) is 1. The van der Waals surface area contributed by atoms with Gasteiger partial charge in [-0.1, -0.05) is 13.0 Å². The Morgan fingerprint density at radius 2 is 2.19 bits per heavy atom. The quantitative estimate of drug-likeness (QED) is 0.878. The summed E-state index contributed by atoms with van der Waals surface area (Å²) in [5, 5.41) is 8.92. The smallest absolute Gasteiger partial charge is 0.0965 e. The van der Waals surface area contributed by atoms with Crippen molar-refractivity contribution in [3.05, 3.63) is 39.0 Å². The van der Waals surface area contributed by atoms with Crippen LogP contribution in [0.2, 0.25) is 0 Å². The van der Waals surface area contributed by atoms with Crippen LogP contribution in [0.15, 0.2) is 29.1 Å². The van der Waals surface area contributed by atoms with Crippen LogP contribution in [0.1, 0.15) is 35.7 Å². The van der Waals surface area contributed by atoms with Crippen LogP contribution in [0.4, 0.5) is 0 Å². The third-order valence-electron chi connectivity index (χ3n) is 2.57. The van der Waals surface area contributed by atoms with E-state index in [1.165, 1.54) is 9.88 Å². The summed E-state index contributed by atoms with van der Waals surface area (Å²) in [7, 11) is 0. The molecule has 1 N–H and O–H groups in total. The third kappa shape index (κ3) is 2.90. The van der Waals surface area contributed by atoms with Gasteiger partial charge < -0.3 is 5.32 Å². The molecule has 0 saturated heterocycles. The molecule has 2 heterocycles. The average Bonchev–Trinajstić information content (AvgIpc) is 2.95. The average molecular weight is 252 g/mol. The zero-order valence-corrected chi connectivity index (χ0v) is 11.1. The molecule has 2 unspecified atom stereocenters. The highest BCUT2D eigenvalue weighted by Crippen LogP contribution is 2.21. The first kappa shape index (κ1) is 11.8. The van der Waals surface area contributed by atoms with E-state index in [4.69, 9.17) is 0 Å². The minimum Gasteiger partial charge on any atom is -0.309 e. The minimum absolute atomic E-state index is 0.433. The van der Waals surface area contributed by atoms with Crippen LogP contribution in [0, 0.1) is 0 Å². The fourth-order valence-electron chi connectivity index (χ4n) is 1.56. The van der Waals surface area contributed by atoms with E-state index in [1.54, 1.807) is 22.7 Å². The first-order valence-electron chi connectivity index (χ1n) is 5.43. The summed E-state index contributed by atoms with van der Waals surface area (Å²) in [5.41, 5.74) is 0. The summed E-state index contributed by atoms with van der Waals surface area (Å²) in [6.07, 6.45) is 1.87. The summed E-state index contributed by atoms with van der Waals surface area (Å²) in [6.45, 7) is 5.40. The Hall–Kier alpha value is -0.710. The highest BCUT2D eigenvalue weighted by Gasteiger charge is 2.11. The molecule has 0 aromatic carbocycles. The van der Waals surface area contributed by atoms with Crippen molar-refractivity contribution < 1.29 is 0 Å². The van der Waals surface area contributed by atoms with Gasteiger partial charge in [0, 0.05) is 35.0 Å². The molecular formula is C12H16N2S2. The molecule has 0 radical (unpaired) electrons. The van der Waals surface area contributed by atoms with Crippen molar-refractivity contribution in [1.29, 1.82) is 0 Å². The Kier molecular flexibility index (Phi) is 4.09. The Bertz CT molecular complexity index is 354. The SMILES string of the molecule is CC(CNC(C)c1cccs1)c1nccs1. The maximum atomic E-state index is 4.34. The van der Waals surface area contributed by atoms with Crippen LogP contribution in [-0.4, -0.2) is 11.5 Å². The van der Waals surface area contributed by atoms with Gasteiger partial charge in [0.2, 0.25) is 0 Å². The van der Waals surface area contributed by atoms with Gasteiger partial charge in [0.1, 0.15) is 0 Å². The molecule has 2 rings (SSSR count). The lowest BCUT2D eigenvalue weighted by Crippen LogP contribution is -2.22. The lowest BCUT2D eigenvalue weighted by Gasteiger charge is -2.15. The van der Waals surface area contributed by atoms with Crippen molar-refractivity contribution in [1.82, 2.24) is 10.3 Å². The number of thiazole rings is 1. The van der Waals surface area contributed by atoms with Crippen LogP contribution in [0.25, 0.3) is 0 Å². The second-order valence-electron chi connectivity index (χ2n) is 3.92. The summed E-state index contributed by atoms with van der Waals surface area (Å²) in [4.78, 5) is 5.73. The Balaban J connectivity index is 1.84. The number of aromatic nitrogens is 1. The van der Waals surface area contributed by atoms with Crippen molar-refractivity contribution in [3.8, 4) is 0 Å². The first-order chi connectivity index (χ1) is 7.77. The van der Waals surface area contributed by atoms with Crippen LogP contribution in [-0.2, 0) is 0 Å². The van der Waals surface area contributed by atoms with Gasteiger partial charge in [-0.15, -0.1) is 22.7 Å². The van der Waals surface area contributed by atoms with E-state index >= 15 is 0 Å². The molecule has 2 aromatic heterocycles. The van der Waals surface area contributed by atoms with Gasteiger partial charge in [0.05, 0.1) is 5.01 Å². The molecule has 2 nitrogen and oxygen atoms in total. The standard InChI is InChI=1S/C12H16N2S2/c1-9(12-13-5-7-16-12)8-14-10(2)11-4-3-6-15-11/h3-7,9-10,14H,8H2,1-2H3. The highest BCUT2D eigenvalue weighted by molar-refractivity contribution is 7.10. The van der Waals surface area contributed by atoms with Crippen molar-refractivity contribution >= 4 is 22.7 Å². The van der Waals surface area contributed by atoms with Crippen molar-refractivity contribution in [2.45, 2.75) is 25.8 Å². The molecule has 86 valence electrons. The molecular weight excluding hydrogens is 236 g/mol. The normalized spacial score (nSPS) is 14.9. The van der Waals surface area contributed by atoms with Crippen molar-refractivity contribution in [3.63, 3.8) is 0 Å². The molecule has 0 spiro atoms. The number of rotatable bonds is 5. The second-order valence-corrected chi connectivity index (χ2v) is 5.82. The molecule has 0 aliphatic rings. The van der Waals surface area contributed by atoms with Crippen molar-refractivity contribution in [2.75, 3.05) is 6.54 Å². The lowest BCUT2D eigenvalue weighted by molar-refractivity contribution is 0.542. The van der Waals surface area contributed by atoms with Gasteiger partial charge in [-0.25, -0.2) is 4.98 Å². The van der Waals surface area contributed by atoms with Gasteiger partial charge in [-0.05, 0) is 18.4 Å². The third-order valence-corrected chi connectivity index (χ3v) is 4.64. The molecule has 0 aliphatic heterocycles. The summed E-state index contributed by atoms with van der Waals surface area (Å²) >= 11 is 3.54. The second kappa shape index (κ2) is 5.57. The monoisotopic (exact) mass is 252 g/mol. The van der Waals surface area contributed by atoms with E-state index in [2.05, 4.69) is 41.7 Å². The van der Waals surface area contributed by atoms with E-state index < -0.39 is 0 Å². The van der Waals surface area contributed by atoms with Gasteiger partial charge >= 0.3 is 0 Å². The number of hydrogen-bond donors (Lipinski definition) is 1. The lowest BCUT2D eigenvalue weighted by atomic mass is 10.2. The zero-order chi connectivity index (χ0) is 11.4. The fourth-order valence-corrected chi connectivity index (χ4v) is 3.01. The van der Waals surface area contributed by atoms with E-state index in [0.717, 1.165) is 6.54 Å². The zero-order valence-electron chi connectivity index (χ0n) is 9.51. The van der Waals surface area contributed by atoms with Gasteiger partial charge in [0.15, 0.2) is 0 Å². The predicted octanol–water partition coefficient (Wildman–Crippen LogP) is 3.66. The van der Waals surface area contributed by atoms with E-state index in [1.807, 2.05) is 11.6 Å². The van der Waals surface area contributed by atoms with E-state index in [9.17, 15) is 0 Å². The Morgan fingerprint density at radius 1 is 1.31 bits per heavy atom. The summed E-state index contributed by atoms with van der Waals surface area (Å²) < 4.78 is 0. The molecule has 0 fully saturated rings. The van der Waals surface area contributed by atoms with Crippen LogP contribution in [0.3, 0.4) is 0 Å². The van der Waals surface area contributed by atoms with Crippen molar-refractivity contribution in [2.24, 2.45) is 0 Å². The molecule has 4 heteroatoms. The number of hydrogen-bond acceptors (Lipinski definition) is 4. The molecule has 16 heavy (non-hydrogen) atoms. The molecule has 0 amide bonds. The van der Waals surface area contributed by atoms with Gasteiger partial charge in [0.25, 0.3) is 0 Å². The van der Waals surface area contributed by atoms with E-state index in [-0.39, 0.29) is 0 Å². The Morgan fingerprint density at radius 3 is 2.81 bits per heavy atom. The number of nitrogens with one attached hydrogen (secondary N) is 1. The van der Waals surface area contributed by atoms with Crippen LogP contribution >= 0.6 is 22.7 Å². The molecule has 0 bridgehead atoms. The van der Waals surface area contributed by atoms with E-state index in [0.29, 0.717) is 12.0 Å². The first-order valence-corrected chi connectivity index (χ1v) is 7.19. The molecule has 2 aromatic rings. The van der Waals surface area contributed by atoms with Gasteiger partial charge in [-0.3, -0.25) is 0 Å². The largest absolute Gasteiger partial charge is 0.309 e. The fraction of sp³-hybridized carbons (Fsp3) is 0.417.